The quantitative estimate of drug-likeness (QED) is 0.473. The summed E-state index contributed by atoms with van der Waals surface area (Å²) in [5, 5.41) is 6.63. The highest BCUT2D eigenvalue weighted by molar-refractivity contribution is 14.1. The molecule has 0 fully saturated rings. The van der Waals surface area contributed by atoms with Gasteiger partial charge in [-0.15, -0.1) is 0 Å². The Morgan fingerprint density at radius 3 is 2.68 bits per heavy atom. The molecule has 0 aliphatic rings. The van der Waals surface area contributed by atoms with E-state index in [0.29, 0.717) is 12.1 Å². The second kappa shape index (κ2) is 7.88. The van der Waals surface area contributed by atoms with Crippen LogP contribution in [-0.2, 0) is 9.59 Å². The number of nitrogens with zero attached hydrogens (tertiary/aromatic N) is 1. The Hall–Kier alpha value is -1.44. The summed E-state index contributed by atoms with van der Waals surface area (Å²) in [7, 11) is 0. The van der Waals surface area contributed by atoms with Gasteiger partial charge in [-0.25, -0.2) is 5.43 Å². The Bertz CT molecular complexity index is 500. The van der Waals surface area contributed by atoms with Crippen LogP contribution >= 0.6 is 22.6 Å². The molecule has 0 spiro atoms. The lowest BCUT2D eigenvalue weighted by molar-refractivity contribution is -0.121. The van der Waals surface area contributed by atoms with E-state index in [1.54, 1.807) is 13.8 Å². The second-order valence-corrected chi connectivity index (χ2v) is 5.22. The molecule has 0 unspecified atom stereocenters. The number of benzene rings is 1. The first-order chi connectivity index (χ1) is 9.01. The number of hydrogen-bond acceptors (Lipinski definition) is 3. The normalized spacial score (nSPS) is 11.0. The molecular formula is C13H16IN3O2. The van der Waals surface area contributed by atoms with Crippen LogP contribution < -0.4 is 10.7 Å². The van der Waals surface area contributed by atoms with Crippen molar-refractivity contribution in [2.45, 2.75) is 26.7 Å². The minimum Gasteiger partial charge on any atom is -0.326 e. The highest BCUT2D eigenvalue weighted by atomic mass is 127. The zero-order chi connectivity index (χ0) is 14.3. The average molecular weight is 373 g/mol. The van der Waals surface area contributed by atoms with Crippen molar-refractivity contribution in [1.29, 1.82) is 0 Å². The van der Waals surface area contributed by atoms with E-state index in [2.05, 4.69) is 38.4 Å². The second-order valence-electron chi connectivity index (χ2n) is 3.97. The fourth-order valence-corrected chi connectivity index (χ4v) is 1.82. The van der Waals surface area contributed by atoms with Gasteiger partial charge in [-0.1, -0.05) is 13.0 Å². The lowest BCUT2D eigenvalue weighted by Crippen LogP contribution is -2.20. The van der Waals surface area contributed by atoms with E-state index in [-0.39, 0.29) is 18.2 Å². The smallest absolute Gasteiger partial charge is 0.239 e. The zero-order valence-electron chi connectivity index (χ0n) is 10.9. The van der Waals surface area contributed by atoms with Gasteiger partial charge in [0.1, 0.15) is 0 Å². The Morgan fingerprint density at radius 2 is 2.05 bits per heavy atom. The van der Waals surface area contributed by atoms with Gasteiger partial charge in [0.25, 0.3) is 0 Å². The topological polar surface area (TPSA) is 70.6 Å². The van der Waals surface area contributed by atoms with Crippen LogP contribution in [0.5, 0.6) is 0 Å². The van der Waals surface area contributed by atoms with Crippen LogP contribution in [0.15, 0.2) is 29.4 Å². The van der Waals surface area contributed by atoms with E-state index in [1.807, 2.05) is 24.3 Å². The third-order valence-corrected chi connectivity index (χ3v) is 2.89. The van der Waals surface area contributed by atoms with Gasteiger partial charge in [0.2, 0.25) is 11.8 Å². The first-order valence-corrected chi connectivity index (χ1v) is 6.96. The molecule has 5 nitrogen and oxygen atoms in total. The largest absolute Gasteiger partial charge is 0.326 e. The van der Waals surface area contributed by atoms with Gasteiger partial charge < -0.3 is 5.32 Å². The molecule has 0 bridgehead atoms. The van der Waals surface area contributed by atoms with Gasteiger partial charge in [0.05, 0.1) is 6.42 Å². The van der Waals surface area contributed by atoms with Gasteiger partial charge in [0, 0.05) is 21.4 Å². The number of amides is 2. The van der Waals surface area contributed by atoms with E-state index in [4.69, 9.17) is 0 Å². The molecular weight excluding hydrogens is 357 g/mol. The van der Waals surface area contributed by atoms with Crippen molar-refractivity contribution in [2.24, 2.45) is 5.10 Å². The molecule has 1 rings (SSSR count). The summed E-state index contributed by atoms with van der Waals surface area (Å²) in [6, 6.07) is 7.53. The monoisotopic (exact) mass is 373 g/mol. The van der Waals surface area contributed by atoms with Crippen molar-refractivity contribution in [3.63, 3.8) is 0 Å². The molecule has 0 saturated heterocycles. The number of carbonyl (C=O) groups is 2. The number of nitrogens with one attached hydrogen (secondary N) is 2. The van der Waals surface area contributed by atoms with Crippen molar-refractivity contribution in [1.82, 2.24) is 5.43 Å². The predicted octanol–water partition coefficient (Wildman–Crippen LogP) is 2.52. The summed E-state index contributed by atoms with van der Waals surface area (Å²) >= 11 is 2.18. The Morgan fingerprint density at radius 1 is 1.32 bits per heavy atom. The van der Waals surface area contributed by atoms with Crippen LogP contribution in [-0.4, -0.2) is 17.5 Å². The van der Waals surface area contributed by atoms with Gasteiger partial charge in [-0.3, -0.25) is 9.59 Å². The molecule has 6 heteroatoms. The van der Waals surface area contributed by atoms with E-state index < -0.39 is 0 Å². The minimum absolute atomic E-state index is 0.148. The van der Waals surface area contributed by atoms with Gasteiger partial charge in [-0.2, -0.15) is 5.10 Å². The number of hydrazone groups is 1. The summed E-state index contributed by atoms with van der Waals surface area (Å²) in [5.74, 6) is -0.327. The highest BCUT2D eigenvalue weighted by Crippen LogP contribution is 2.12. The number of anilines is 1. The van der Waals surface area contributed by atoms with Gasteiger partial charge in [-0.05, 0) is 47.7 Å². The fourth-order valence-electron chi connectivity index (χ4n) is 1.28. The summed E-state index contributed by atoms with van der Waals surface area (Å²) in [4.78, 5) is 22.8. The molecule has 2 N–H and O–H groups in total. The third-order valence-electron chi connectivity index (χ3n) is 2.22. The molecule has 0 saturated carbocycles. The Balaban J connectivity index is 2.49. The van der Waals surface area contributed by atoms with E-state index in [1.165, 1.54) is 0 Å². The Labute approximate surface area is 126 Å². The zero-order valence-corrected chi connectivity index (χ0v) is 13.0. The molecule has 1 aromatic rings. The predicted molar refractivity (Wildman–Crippen MR) is 83.9 cm³/mol. The molecule has 0 radical (unpaired) electrons. The number of halogens is 1. The maximum Gasteiger partial charge on any atom is 0.239 e. The van der Waals surface area contributed by atoms with Crippen LogP contribution in [0, 0.1) is 3.57 Å². The van der Waals surface area contributed by atoms with Crippen LogP contribution in [0.4, 0.5) is 5.69 Å². The van der Waals surface area contributed by atoms with Crippen LogP contribution in [0.2, 0.25) is 0 Å². The first-order valence-electron chi connectivity index (χ1n) is 5.88. The minimum atomic E-state index is -0.169. The molecule has 1 aromatic carbocycles. The van der Waals surface area contributed by atoms with Crippen LogP contribution in [0.3, 0.4) is 0 Å². The number of rotatable bonds is 5. The molecule has 0 aliphatic heterocycles. The standard InChI is InChI=1S/C13H16IN3O2/c1-3-12(18)17-16-9(2)7-13(19)15-11-6-4-5-10(14)8-11/h4-6,8H,3,7H2,1-2H3,(H,15,19)(H,17,18)/b16-9+. The molecule has 0 heterocycles. The van der Waals surface area contributed by atoms with Gasteiger partial charge >= 0.3 is 0 Å². The fraction of sp³-hybridized carbons (Fsp3) is 0.308. The molecule has 102 valence electrons. The molecule has 0 aliphatic carbocycles. The molecule has 0 aromatic heterocycles. The van der Waals surface area contributed by atoms with Gasteiger partial charge in [0.15, 0.2) is 0 Å². The van der Waals surface area contributed by atoms with Crippen molar-refractivity contribution in [2.75, 3.05) is 5.32 Å². The molecule has 2 amide bonds. The van der Waals surface area contributed by atoms with Crippen molar-refractivity contribution >= 4 is 45.8 Å². The first kappa shape index (κ1) is 15.6. The lowest BCUT2D eigenvalue weighted by Gasteiger charge is -2.05. The highest BCUT2D eigenvalue weighted by Gasteiger charge is 2.05. The summed E-state index contributed by atoms with van der Waals surface area (Å²) in [6.07, 6.45) is 0.515. The Kier molecular flexibility index (Phi) is 6.48. The van der Waals surface area contributed by atoms with Crippen molar-refractivity contribution in [3.8, 4) is 0 Å². The van der Waals surface area contributed by atoms with E-state index >= 15 is 0 Å². The van der Waals surface area contributed by atoms with Crippen molar-refractivity contribution in [3.05, 3.63) is 27.8 Å². The van der Waals surface area contributed by atoms with E-state index in [0.717, 1.165) is 9.26 Å². The molecule has 19 heavy (non-hydrogen) atoms. The maximum atomic E-state index is 11.7. The SMILES string of the molecule is CCC(=O)N/N=C(\C)CC(=O)Nc1cccc(I)c1. The van der Waals surface area contributed by atoms with Crippen LogP contribution in [0.1, 0.15) is 26.7 Å². The summed E-state index contributed by atoms with van der Waals surface area (Å²) < 4.78 is 1.05. The van der Waals surface area contributed by atoms with Crippen LogP contribution in [0.25, 0.3) is 0 Å². The lowest BCUT2D eigenvalue weighted by atomic mass is 10.2. The summed E-state index contributed by atoms with van der Waals surface area (Å²) in [5.41, 5.74) is 3.69. The van der Waals surface area contributed by atoms with Crippen molar-refractivity contribution < 1.29 is 9.59 Å². The third kappa shape index (κ3) is 6.32. The maximum absolute atomic E-state index is 11.7. The molecule has 0 atom stereocenters. The number of carbonyl (C=O) groups excluding carboxylic acids is 2. The number of hydrogen-bond donors (Lipinski definition) is 2. The van der Waals surface area contributed by atoms with E-state index in [9.17, 15) is 9.59 Å². The summed E-state index contributed by atoms with van der Waals surface area (Å²) in [6.45, 7) is 3.44. The average Bonchev–Trinajstić information content (AvgIpc) is 2.35.